The normalized spacial score (nSPS) is 14.2. The fraction of sp³-hybridized carbons (Fsp3) is 0.375. The highest BCUT2D eigenvalue weighted by molar-refractivity contribution is 9.10. The lowest BCUT2D eigenvalue weighted by atomic mass is 10.1. The van der Waals surface area contributed by atoms with E-state index in [2.05, 4.69) is 53.4 Å². The highest BCUT2D eigenvalue weighted by Gasteiger charge is 2.22. The number of aryl methyl sites for hydroxylation is 1. The third-order valence-corrected chi connectivity index (χ3v) is 4.91. The van der Waals surface area contributed by atoms with Gasteiger partial charge in [0.05, 0.1) is 6.61 Å². The molecule has 4 heteroatoms. The molecule has 20 heavy (non-hydrogen) atoms. The first-order valence-corrected chi connectivity index (χ1v) is 8.44. The van der Waals surface area contributed by atoms with E-state index >= 15 is 0 Å². The topological polar surface area (TPSA) is 35.2 Å². The molecule has 108 valence electrons. The zero-order chi connectivity index (χ0) is 14.5. The van der Waals surface area contributed by atoms with E-state index in [0.29, 0.717) is 6.61 Å². The average molecular weight is 354 g/mol. The fourth-order valence-electron chi connectivity index (χ4n) is 2.10. The van der Waals surface area contributed by atoms with E-state index in [-0.39, 0.29) is 12.1 Å². The lowest BCUT2D eigenvalue weighted by molar-refractivity contribution is 0.0232. The standard InChI is InChI=1S/C16H20BrNOS/c1-3-14(18)15(16-11(2)7-8-20-16)19-10-12-5-4-6-13(17)9-12/h4-9,14-15H,3,10,18H2,1-2H3. The second-order valence-corrected chi connectivity index (χ2v) is 6.76. The van der Waals surface area contributed by atoms with E-state index < -0.39 is 0 Å². The van der Waals surface area contributed by atoms with Crippen molar-refractivity contribution in [1.82, 2.24) is 0 Å². The molecule has 1 aromatic carbocycles. The number of rotatable bonds is 6. The van der Waals surface area contributed by atoms with E-state index in [1.165, 1.54) is 10.4 Å². The highest BCUT2D eigenvalue weighted by Crippen LogP contribution is 2.30. The van der Waals surface area contributed by atoms with Crippen molar-refractivity contribution in [3.05, 3.63) is 56.2 Å². The Balaban J connectivity index is 2.11. The lowest BCUT2D eigenvalue weighted by Gasteiger charge is -2.23. The molecule has 0 fully saturated rings. The van der Waals surface area contributed by atoms with Crippen LogP contribution in [0, 0.1) is 6.92 Å². The minimum absolute atomic E-state index is 0.0273. The molecule has 0 radical (unpaired) electrons. The van der Waals surface area contributed by atoms with Crippen LogP contribution in [0.5, 0.6) is 0 Å². The van der Waals surface area contributed by atoms with Crippen LogP contribution in [0.3, 0.4) is 0 Å². The summed E-state index contributed by atoms with van der Waals surface area (Å²) < 4.78 is 7.20. The van der Waals surface area contributed by atoms with Crippen LogP contribution in [0.1, 0.15) is 35.5 Å². The van der Waals surface area contributed by atoms with Crippen LogP contribution < -0.4 is 5.73 Å². The molecule has 0 saturated heterocycles. The molecule has 2 nitrogen and oxygen atoms in total. The quantitative estimate of drug-likeness (QED) is 0.808. The lowest BCUT2D eigenvalue weighted by Crippen LogP contribution is -2.29. The van der Waals surface area contributed by atoms with Crippen molar-refractivity contribution >= 4 is 27.3 Å². The van der Waals surface area contributed by atoms with Gasteiger partial charge in [0.1, 0.15) is 6.10 Å². The Morgan fingerprint density at radius 2 is 2.15 bits per heavy atom. The molecule has 0 bridgehead atoms. The van der Waals surface area contributed by atoms with Gasteiger partial charge in [0, 0.05) is 15.4 Å². The molecule has 0 saturated carbocycles. The summed E-state index contributed by atoms with van der Waals surface area (Å²) in [6.07, 6.45) is 0.875. The van der Waals surface area contributed by atoms with E-state index in [0.717, 1.165) is 16.5 Å². The van der Waals surface area contributed by atoms with Crippen molar-refractivity contribution in [2.45, 2.75) is 39.0 Å². The predicted molar refractivity (Wildman–Crippen MR) is 89.0 cm³/mol. The maximum absolute atomic E-state index is 6.24. The molecule has 2 unspecified atom stereocenters. The summed E-state index contributed by atoms with van der Waals surface area (Å²) in [5.41, 5.74) is 8.66. The summed E-state index contributed by atoms with van der Waals surface area (Å²) in [6, 6.07) is 10.3. The molecule has 1 aromatic heterocycles. The van der Waals surface area contributed by atoms with E-state index in [1.54, 1.807) is 11.3 Å². The van der Waals surface area contributed by atoms with E-state index in [1.807, 2.05) is 12.1 Å². The van der Waals surface area contributed by atoms with Gasteiger partial charge in [-0.05, 0) is 48.1 Å². The Morgan fingerprint density at radius 3 is 2.75 bits per heavy atom. The SMILES string of the molecule is CCC(N)C(OCc1cccc(Br)c1)c1sccc1C. The zero-order valence-electron chi connectivity index (χ0n) is 11.8. The summed E-state index contributed by atoms with van der Waals surface area (Å²) >= 11 is 5.21. The van der Waals surface area contributed by atoms with Gasteiger partial charge < -0.3 is 10.5 Å². The summed E-state index contributed by atoms with van der Waals surface area (Å²) in [7, 11) is 0. The first kappa shape index (κ1) is 15.7. The maximum atomic E-state index is 6.24. The van der Waals surface area contributed by atoms with Gasteiger partial charge in [-0.15, -0.1) is 11.3 Å². The molecule has 2 N–H and O–H groups in total. The smallest absolute Gasteiger partial charge is 0.107 e. The molecule has 1 heterocycles. The van der Waals surface area contributed by atoms with Gasteiger partial charge in [-0.2, -0.15) is 0 Å². The van der Waals surface area contributed by atoms with Crippen LogP contribution in [-0.2, 0) is 11.3 Å². The number of hydrogen-bond acceptors (Lipinski definition) is 3. The summed E-state index contributed by atoms with van der Waals surface area (Å²) in [4.78, 5) is 1.24. The summed E-state index contributed by atoms with van der Waals surface area (Å²) in [5.74, 6) is 0. The Hall–Kier alpha value is -0.680. The van der Waals surface area contributed by atoms with Gasteiger partial charge in [-0.3, -0.25) is 0 Å². The van der Waals surface area contributed by atoms with Gasteiger partial charge >= 0.3 is 0 Å². The van der Waals surface area contributed by atoms with Crippen LogP contribution in [0.15, 0.2) is 40.2 Å². The van der Waals surface area contributed by atoms with Crippen molar-refractivity contribution in [3.8, 4) is 0 Å². The molecule has 2 rings (SSSR count). The monoisotopic (exact) mass is 353 g/mol. The summed E-state index contributed by atoms with van der Waals surface area (Å²) in [5, 5.41) is 2.10. The Kier molecular flexibility index (Phi) is 5.78. The minimum atomic E-state index is -0.0287. The average Bonchev–Trinajstić information content (AvgIpc) is 2.85. The van der Waals surface area contributed by atoms with Crippen molar-refractivity contribution in [2.75, 3.05) is 0 Å². The van der Waals surface area contributed by atoms with Gasteiger partial charge in [0.25, 0.3) is 0 Å². The molecular formula is C16H20BrNOS. The second kappa shape index (κ2) is 7.36. The van der Waals surface area contributed by atoms with Gasteiger partial charge in [0.15, 0.2) is 0 Å². The molecule has 0 spiro atoms. The minimum Gasteiger partial charge on any atom is -0.366 e. The Labute approximate surface area is 133 Å². The Bertz CT molecular complexity index is 555. The number of thiophene rings is 1. The highest BCUT2D eigenvalue weighted by atomic mass is 79.9. The fourth-order valence-corrected chi connectivity index (χ4v) is 3.59. The number of nitrogens with two attached hydrogens (primary N) is 1. The number of ether oxygens (including phenoxy) is 1. The molecule has 0 aliphatic heterocycles. The van der Waals surface area contributed by atoms with E-state index in [4.69, 9.17) is 10.5 Å². The molecule has 0 aliphatic carbocycles. The van der Waals surface area contributed by atoms with Crippen LogP contribution in [0.25, 0.3) is 0 Å². The third kappa shape index (κ3) is 3.92. The summed E-state index contributed by atoms with van der Waals surface area (Å²) in [6.45, 7) is 4.79. The first-order chi connectivity index (χ1) is 9.61. The molecule has 2 aromatic rings. The van der Waals surface area contributed by atoms with Crippen LogP contribution >= 0.6 is 27.3 Å². The van der Waals surface area contributed by atoms with Crippen LogP contribution in [-0.4, -0.2) is 6.04 Å². The largest absolute Gasteiger partial charge is 0.366 e. The molecular weight excluding hydrogens is 334 g/mol. The van der Waals surface area contributed by atoms with Crippen LogP contribution in [0.4, 0.5) is 0 Å². The zero-order valence-corrected chi connectivity index (χ0v) is 14.2. The second-order valence-electron chi connectivity index (χ2n) is 4.90. The van der Waals surface area contributed by atoms with Crippen LogP contribution in [0.2, 0.25) is 0 Å². The molecule has 2 atom stereocenters. The van der Waals surface area contributed by atoms with Crippen molar-refractivity contribution in [1.29, 1.82) is 0 Å². The van der Waals surface area contributed by atoms with Gasteiger partial charge in [-0.25, -0.2) is 0 Å². The van der Waals surface area contributed by atoms with Gasteiger partial charge in [0.2, 0.25) is 0 Å². The van der Waals surface area contributed by atoms with Gasteiger partial charge in [-0.1, -0.05) is 35.0 Å². The third-order valence-electron chi connectivity index (χ3n) is 3.34. The number of hydrogen-bond donors (Lipinski definition) is 1. The number of halogens is 1. The predicted octanol–water partition coefficient (Wildman–Crippen LogP) is 4.81. The number of benzene rings is 1. The Morgan fingerprint density at radius 1 is 1.35 bits per heavy atom. The first-order valence-electron chi connectivity index (χ1n) is 6.77. The maximum Gasteiger partial charge on any atom is 0.107 e. The van der Waals surface area contributed by atoms with Crippen molar-refractivity contribution in [2.24, 2.45) is 5.73 Å². The van der Waals surface area contributed by atoms with Crippen molar-refractivity contribution < 1.29 is 4.74 Å². The van der Waals surface area contributed by atoms with Crippen molar-refractivity contribution in [3.63, 3.8) is 0 Å². The molecule has 0 aliphatic rings. The van der Waals surface area contributed by atoms with E-state index in [9.17, 15) is 0 Å². The molecule has 0 amide bonds.